The van der Waals surface area contributed by atoms with Crippen LogP contribution in [0, 0.1) is 0 Å². The lowest BCUT2D eigenvalue weighted by atomic mass is 9.89. The normalized spacial score (nSPS) is 14.0. The number of aromatic nitrogens is 3. The van der Waals surface area contributed by atoms with Crippen LogP contribution in [0.15, 0.2) is 65.6 Å². The standard InChI is InChI=1S/C35H39N5O5/c1-35(2,3)28-21-44-39-32(28)38-33(41)26-11-8-10-23-18-24(12-13-25(23)26)45-34-27-19-30(42-4)31(20-29(27)36-22-37-34)43-17-9-16-40-14-6-5-7-15-40/h8,10-13,18-22H,5-7,9,14-17H2,1-4H3,(H,38,39,41). The van der Waals surface area contributed by atoms with Crippen LogP contribution in [-0.4, -0.2) is 59.3 Å². The molecular formula is C35H39N5O5. The molecule has 3 heterocycles. The first kappa shape index (κ1) is 30.3. The maximum atomic E-state index is 13.3. The molecule has 1 N–H and O–H groups in total. The molecule has 0 bridgehead atoms. The summed E-state index contributed by atoms with van der Waals surface area (Å²) in [6, 6.07) is 14.9. The quantitative estimate of drug-likeness (QED) is 0.162. The number of carbonyl (C=O) groups is 1. The number of benzene rings is 3. The highest BCUT2D eigenvalue weighted by molar-refractivity contribution is 6.13. The van der Waals surface area contributed by atoms with Gasteiger partial charge in [0.2, 0.25) is 5.88 Å². The predicted molar refractivity (Wildman–Crippen MR) is 174 cm³/mol. The van der Waals surface area contributed by atoms with Gasteiger partial charge in [-0.05, 0) is 78.9 Å². The zero-order valence-electron chi connectivity index (χ0n) is 26.3. The van der Waals surface area contributed by atoms with E-state index in [0.29, 0.717) is 52.0 Å². The Kier molecular flexibility index (Phi) is 8.84. The minimum absolute atomic E-state index is 0.232. The van der Waals surface area contributed by atoms with Crippen LogP contribution in [0.2, 0.25) is 0 Å². The van der Waals surface area contributed by atoms with Gasteiger partial charge in [0.15, 0.2) is 17.3 Å². The van der Waals surface area contributed by atoms with E-state index in [4.69, 9.17) is 18.7 Å². The molecule has 0 unspecified atom stereocenters. The van der Waals surface area contributed by atoms with E-state index in [-0.39, 0.29) is 11.3 Å². The Hall–Kier alpha value is -4.70. The van der Waals surface area contributed by atoms with E-state index in [9.17, 15) is 4.79 Å². The topological polar surface area (TPSA) is 112 Å². The lowest BCUT2D eigenvalue weighted by Gasteiger charge is -2.26. The summed E-state index contributed by atoms with van der Waals surface area (Å²) in [5.74, 6) is 2.35. The molecule has 0 atom stereocenters. The minimum Gasteiger partial charge on any atom is -0.493 e. The number of carbonyl (C=O) groups excluding carboxylic acids is 1. The van der Waals surface area contributed by atoms with Crippen molar-refractivity contribution in [2.45, 2.75) is 51.9 Å². The third-order valence-corrected chi connectivity index (χ3v) is 8.13. The van der Waals surface area contributed by atoms with Crippen molar-refractivity contribution in [2.24, 2.45) is 0 Å². The van der Waals surface area contributed by atoms with Crippen molar-refractivity contribution in [3.63, 3.8) is 0 Å². The number of anilines is 1. The van der Waals surface area contributed by atoms with Gasteiger partial charge in [0, 0.05) is 23.7 Å². The van der Waals surface area contributed by atoms with Crippen LogP contribution in [-0.2, 0) is 5.41 Å². The highest BCUT2D eigenvalue weighted by Gasteiger charge is 2.24. The van der Waals surface area contributed by atoms with Crippen LogP contribution in [0.3, 0.4) is 0 Å². The summed E-state index contributed by atoms with van der Waals surface area (Å²) in [6.45, 7) is 10.1. The van der Waals surface area contributed by atoms with Gasteiger partial charge in [-0.3, -0.25) is 4.79 Å². The van der Waals surface area contributed by atoms with Crippen molar-refractivity contribution >= 4 is 33.4 Å². The molecule has 3 aromatic carbocycles. The van der Waals surface area contributed by atoms with E-state index in [2.05, 4.69) is 25.3 Å². The first-order valence-electron chi connectivity index (χ1n) is 15.4. The van der Waals surface area contributed by atoms with Crippen LogP contribution >= 0.6 is 0 Å². The summed E-state index contributed by atoms with van der Waals surface area (Å²) in [5.41, 5.74) is 1.80. The van der Waals surface area contributed by atoms with Crippen molar-refractivity contribution in [1.29, 1.82) is 0 Å². The van der Waals surface area contributed by atoms with E-state index in [0.717, 1.165) is 29.3 Å². The van der Waals surface area contributed by atoms with Crippen LogP contribution in [0.25, 0.3) is 21.7 Å². The largest absolute Gasteiger partial charge is 0.493 e. The maximum absolute atomic E-state index is 13.3. The second kappa shape index (κ2) is 13.1. The monoisotopic (exact) mass is 609 g/mol. The number of fused-ring (bicyclic) bond motifs is 2. The SMILES string of the molecule is COc1cc2c(Oc3ccc4c(C(=O)Nc5nocc5C(C)(C)C)cccc4c3)ncnc2cc1OCCCN1CCCCC1. The van der Waals surface area contributed by atoms with E-state index >= 15 is 0 Å². The number of hydrogen-bond acceptors (Lipinski definition) is 9. The molecule has 10 nitrogen and oxygen atoms in total. The molecule has 45 heavy (non-hydrogen) atoms. The lowest BCUT2D eigenvalue weighted by molar-refractivity contribution is 0.102. The fraction of sp³-hybridized carbons (Fsp3) is 0.371. The zero-order chi connectivity index (χ0) is 31.4. The number of nitrogens with one attached hydrogen (secondary N) is 1. The van der Waals surface area contributed by atoms with Gasteiger partial charge < -0.3 is 29.0 Å². The average molecular weight is 610 g/mol. The predicted octanol–water partition coefficient (Wildman–Crippen LogP) is 7.38. The van der Waals surface area contributed by atoms with Gasteiger partial charge in [0.25, 0.3) is 5.91 Å². The number of hydrogen-bond donors (Lipinski definition) is 1. The number of rotatable bonds is 10. The Morgan fingerprint density at radius 3 is 2.64 bits per heavy atom. The molecule has 1 aliphatic rings. The minimum atomic E-state index is -0.271. The van der Waals surface area contributed by atoms with Gasteiger partial charge in [-0.15, -0.1) is 0 Å². The summed E-state index contributed by atoms with van der Waals surface area (Å²) in [6.07, 6.45) is 7.89. The molecule has 1 fully saturated rings. The summed E-state index contributed by atoms with van der Waals surface area (Å²) in [5, 5.41) is 9.24. The van der Waals surface area contributed by atoms with E-state index < -0.39 is 0 Å². The Balaban J connectivity index is 1.19. The number of nitrogens with zero attached hydrogens (tertiary/aromatic N) is 4. The van der Waals surface area contributed by atoms with Crippen LogP contribution in [0.1, 0.15) is 62.4 Å². The molecule has 6 rings (SSSR count). The molecule has 0 aliphatic carbocycles. The van der Waals surface area contributed by atoms with Crippen molar-refractivity contribution in [2.75, 3.05) is 38.7 Å². The summed E-state index contributed by atoms with van der Waals surface area (Å²) in [4.78, 5) is 24.7. The second-order valence-electron chi connectivity index (χ2n) is 12.4. The average Bonchev–Trinajstić information content (AvgIpc) is 3.52. The highest BCUT2D eigenvalue weighted by Crippen LogP contribution is 2.37. The van der Waals surface area contributed by atoms with Gasteiger partial charge in [-0.25, -0.2) is 9.97 Å². The van der Waals surface area contributed by atoms with Crippen molar-refractivity contribution in [1.82, 2.24) is 20.0 Å². The van der Waals surface area contributed by atoms with Crippen LogP contribution in [0.5, 0.6) is 23.1 Å². The first-order chi connectivity index (χ1) is 21.8. The molecule has 10 heteroatoms. The lowest BCUT2D eigenvalue weighted by Crippen LogP contribution is -2.31. The van der Waals surface area contributed by atoms with E-state index in [1.54, 1.807) is 19.4 Å². The molecule has 1 aliphatic heterocycles. The van der Waals surface area contributed by atoms with Gasteiger partial charge in [0.05, 0.1) is 24.6 Å². The Labute approximate surface area is 262 Å². The number of piperidine rings is 1. The third kappa shape index (κ3) is 6.86. The van der Waals surface area contributed by atoms with Crippen LogP contribution in [0.4, 0.5) is 5.82 Å². The number of amides is 1. The van der Waals surface area contributed by atoms with Gasteiger partial charge in [-0.2, -0.15) is 0 Å². The number of ether oxygens (including phenoxy) is 3. The molecule has 234 valence electrons. The molecular weight excluding hydrogens is 570 g/mol. The first-order valence-corrected chi connectivity index (χ1v) is 15.4. The molecule has 0 saturated carbocycles. The Morgan fingerprint density at radius 2 is 1.84 bits per heavy atom. The highest BCUT2D eigenvalue weighted by atomic mass is 16.5. The molecule has 0 spiro atoms. The molecule has 2 aromatic heterocycles. The fourth-order valence-electron chi connectivity index (χ4n) is 5.72. The van der Waals surface area contributed by atoms with Crippen LogP contribution < -0.4 is 19.5 Å². The van der Waals surface area contributed by atoms with Gasteiger partial charge >= 0.3 is 0 Å². The van der Waals surface area contributed by atoms with E-state index in [1.165, 1.54) is 38.7 Å². The molecule has 1 amide bonds. The van der Waals surface area contributed by atoms with Crippen molar-refractivity contribution in [3.05, 3.63) is 72.2 Å². The molecule has 0 radical (unpaired) electrons. The Morgan fingerprint density at radius 1 is 1.00 bits per heavy atom. The fourth-order valence-corrected chi connectivity index (χ4v) is 5.72. The maximum Gasteiger partial charge on any atom is 0.257 e. The van der Waals surface area contributed by atoms with Gasteiger partial charge in [-0.1, -0.05) is 44.5 Å². The smallest absolute Gasteiger partial charge is 0.257 e. The molecule has 5 aromatic rings. The zero-order valence-corrected chi connectivity index (χ0v) is 26.3. The van der Waals surface area contributed by atoms with Gasteiger partial charge in [0.1, 0.15) is 18.3 Å². The van der Waals surface area contributed by atoms with Crippen molar-refractivity contribution in [3.8, 4) is 23.1 Å². The summed E-state index contributed by atoms with van der Waals surface area (Å²) >= 11 is 0. The summed E-state index contributed by atoms with van der Waals surface area (Å²) in [7, 11) is 1.62. The van der Waals surface area contributed by atoms with Crippen molar-refractivity contribution < 1.29 is 23.5 Å². The third-order valence-electron chi connectivity index (χ3n) is 8.13. The van der Waals surface area contributed by atoms with E-state index in [1.807, 2.05) is 63.2 Å². The number of likely N-dealkylation sites (tertiary alicyclic amines) is 1. The second-order valence-corrected chi connectivity index (χ2v) is 12.4. The summed E-state index contributed by atoms with van der Waals surface area (Å²) < 4.78 is 23.2. The molecule has 1 saturated heterocycles. The Bertz CT molecular complexity index is 1810. The number of methoxy groups -OCH3 is 1.